The number of hydrogen-bond acceptors (Lipinski definition) is 4. The Morgan fingerprint density at radius 3 is 2.74 bits per heavy atom. The van der Waals surface area contributed by atoms with E-state index in [0.29, 0.717) is 0 Å². The van der Waals surface area contributed by atoms with Gasteiger partial charge in [-0.05, 0) is 25.0 Å². The number of nitrogens with one attached hydrogen (secondary N) is 1. The first-order chi connectivity index (χ1) is 9.29. The van der Waals surface area contributed by atoms with Crippen molar-refractivity contribution >= 4 is 10.8 Å². The lowest BCUT2D eigenvalue weighted by Gasteiger charge is -2.25. The summed E-state index contributed by atoms with van der Waals surface area (Å²) < 4.78 is 11.3. The minimum absolute atomic E-state index is 0.597. The number of hydrogen-bond donors (Lipinski definition) is 1. The molecule has 19 heavy (non-hydrogen) atoms. The standard InChI is InChI=1S/C14H21N3OS/c18-19-8-6-17(7-9-19)11-14-3-1-2-13(16-14)10-15-12-4-5-12/h1-3,12,15H,4-11H2. The Bertz CT molecular complexity index is 452. The van der Waals surface area contributed by atoms with Gasteiger partial charge in [-0.3, -0.25) is 14.1 Å². The average Bonchev–Trinajstić information content (AvgIpc) is 3.24. The zero-order chi connectivity index (χ0) is 13.1. The quantitative estimate of drug-likeness (QED) is 0.870. The molecule has 2 heterocycles. The van der Waals surface area contributed by atoms with Gasteiger partial charge in [-0.15, -0.1) is 0 Å². The molecule has 1 aromatic rings. The van der Waals surface area contributed by atoms with Crippen LogP contribution in [-0.4, -0.2) is 44.7 Å². The van der Waals surface area contributed by atoms with Crippen LogP contribution in [0.2, 0.25) is 0 Å². The van der Waals surface area contributed by atoms with Crippen molar-refractivity contribution in [2.45, 2.75) is 32.0 Å². The Kier molecular flexibility index (Phi) is 4.25. The molecule has 0 spiro atoms. The van der Waals surface area contributed by atoms with Crippen LogP contribution in [0.25, 0.3) is 0 Å². The van der Waals surface area contributed by atoms with Crippen LogP contribution in [0.5, 0.6) is 0 Å². The predicted octanol–water partition coefficient (Wildman–Crippen LogP) is 0.898. The lowest BCUT2D eigenvalue weighted by Crippen LogP contribution is -2.37. The summed E-state index contributed by atoms with van der Waals surface area (Å²) in [4.78, 5) is 7.05. The molecule has 2 fully saturated rings. The van der Waals surface area contributed by atoms with Crippen molar-refractivity contribution in [2.75, 3.05) is 24.6 Å². The molecule has 1 aromatic heterocycles. The van der Waals surface area contributed by atoms with Gasteiger partial charge in [-0.25, -0.2) is 0 Å². The molecule has 104 valence electrons. The van der Waals surface area contributed by atoms with Crippen LogP contribution >= 0.6 is 0 Å². The minimum Gasteiger partial charge on any atom is -0.308 e. The van der Waals surface area contributed by atoms with E-state index in [1.807, 2.05) is 0 Å². The van der Waals surface area contributed by atoms with Crippen molar-refractivity contribution in [3.8, 4) is 0 Å². The molecule has 0 aromatic carbocycles. The van der Waals surface area contributed by atoms with E-state index >= 15 is 0 Å². The molecular formula is C14H21N3OS. The van der Waals surface area contributed by atoms with E-state index < -0.39 is 10.8 Å². The van der Waals surface area contributed by atoms with Gasteiger partial charge >= 0.3 is 0 Å². The van der Waals surface area contributed by atoms with Crippen LogP contribution in [0.3, 0.4) is 0 Å². The third kappa shape index (κ3) is 4.09. The summed E-state index contributed by atoms with van der Waals surface area (Å²) in [6.07, 6.45) is 2.62. The van der Waals surface area contributed by atoms with E-state index in [4.69, 9.17) is 4.98 Å². The van der Waals surface area contributed by atoms with Crippen molar-refractivity contribution < 1.29 is 4.21 Å². The molecule has 4 nitrogen and oxygen atoms in total. The maximum atomic E-state index is 11.3. The highest BCUT2D eigenvalue weighted by molar-refractivity contribution is 7.85. The van der Waals surface area contributed by atoms with Gasteiger partial charge < -0.3 is 5.32 Å². The average molecular weight is 279 g/mol. The fourth-order valence-corrected chi connectivity index (χ4v) is 3.44. The summed E-state index contributed by atoms with van der Waals surface area (Å²) in [5.41, 5.74) is 2.26. The smallest absolute Gasteiger partial charge is 0.0547 e. The molecular weight excluding hydrogens is 258 g/mol. The maximum Gasteiger partial charge on any atom is 0.0547 e. The van der Waals surface area contributed by atoms with Gasteiger partial charge in [0, 0.05) is 54.5 Å². The van der Waals surface area contributed by atoms with Crippen LogP contribution < -0.4 is 5.32 Å². The maximum absolute atomic E-state index is 11.3. The first kappa shape index (κ1) is 13.2. The van der Waals surface area contributed by atoms with Crippen molar-refractivity contribution in [1.82, 2.24) is 15.2 Å². The monoisotopic (exact) mass is 279 g/mol. The van der Waals surface area contributed by atoms with Crippen LogP contribution in [0.15, 0.2) is 18.2 Å². The Morgan fingerprint density at radius 1 is 1.26 bits per heavy atom. The van der Waals surface area contributed by atoms with E-state index in [1.165, 1.54) is 12.8 Å². The van der Waals surface area contributed by atoms with Crippen LogP contribution in [-0.2, 0) is 23.9 Å². The Hall–Kier alpha value is -0.780. The largest absolute Gasteiger partial charge is 0.308 e. The summed E-state index contributed by atoms with van der Waals surface area (Å²) >= 11 is 0. The molecule has 0 bridgehead atoms. The summed E-state index contributed by atoms with van der Waals surface area (Å²) in [5, 5.41) is 3.49. The topological polar surface area (TPSA) is 45.2 Å². The number of aromatic nitrogens is 1. The van der Waals surface area contributed by atoms with Gasteiger partial charge in [0.05, 0.1) is 11.4 Å². The zero-order valence-corrected chi connectivity index (χ0v) is 12.0. The number of rotatable bonds is 5. The van der Waals surface area contributed by atoms with Gasteiger partial charge in [0.2, 0.25) is 0 Å². The SMILES string of the molecule is O=S1CCN(Cc2cccc(CNC3CC3)n2)CC1. The second-order valence-corrected chi connectivity index (χ2v) is 7.10. The Labute approximate surface area is 117 Å². The van der Waals surface area contributed by atoms with E-state index in [-0.39, 0.29) is 0 Å². The van der Waals surface area contributed by atoms with Gasteiger partial charge in [0.15, 0.2) is 0 Å². The molecule has 1 N–H and O–H groups in total. The summed E-state index contributed by atoms with van der Waals surface area (Å²) in [6.45, 7) is 3.62. The van der Waals surface area contributed by atoms with Crippen LogP contribution in [0, 0.1) is 0 Å². The van der Waals surface area contributed by atoms with E-state index in [9.17, 15) is 4.21 Å². The van der Waals surface area contributed by atoms with Crippen molar-refractivity contribution in [1.29, 1.82) is 0 Å². The Morgan fingerprint density at radius 2 is 2.00 bits per heavy atom. The highest BCUT2D eigenvalue weighted by Gasteiger charge is 2.20. The molecule has 1 aliphatic heterocycles. The zero-order valence-electron chi connectivity index (χ0n) is 11.2. The third-order valence-electron chi connectivity index (χ3n) is 3.67. The first-order valence-corrected chi connectivity index (χ1v) is 8.54. The van der Waals surface area contributed by atoms with Gasteiger partial charge in [0.1, 0.15) is 0 Å². The summed E-state index contributed by atoms with van der Waals surface area (Å²) in [6, 6.07) is 6.99. The minimum atomic E-state index is -0.597. The normalized spacial score (nSPS) is 21.7. The van der Waals surface area contributed by atoms with Gasteiger partial charge in [-0.1, -0.05) is 6.07 Å². The number of nitrogens with zero attached hydrogens (tertiary/aromatic N) is 2. The van der Waals surface area contributed by atoms with Crippen molar-refractivity contribution in [3.63, 3.8) is 0 Å². The highest BCUT2D eigenvalue weighted by Crippen LogP contribution is 2.19. The molecule has 0 radical (unpaired) electrons. The molecule has 1 saturated carbocycles. The lowest BCUT2D eigenvalue weighted by atomic mass is 10.2. The fourth-order valence-electron chi connectivity index (χ4n) is 2.32. The predicted molar refractivity (Wildman–Crippen MR) is 77.3 cm³/mol. The molecule has 0 unspecified atom stereocenters. The molecule has 3 rings (SSSR count). The summed E-state index contributed by atoms with van der Waals surface area (Å²) in [5.74, 6) is 1.62. The molecule has 0 amide bonds. The fraction of sp³-hybridized carbons (Fsp3) is 0.643. The molecule has 2 aliphatic rings. The van der Waals surface area contributed by atoms with Crippen molar-refractivity contribution in [2.24, 2.45) is 0 Å². The third-order valence-corrected chi connectivity index (χ3v) is 4.95. The van der Waals surface area contributed by atoms with E-state index in [0.717, 1.165) is 55.1 Å². The van der Waals surface area contributed by atoms with Crippen molar-refractivity contribution in [3.05, 3.63) is 29.6 Å². The molecule has 1 aliphatic carbocycles. The second kappa shape index (κ2) is 6.11. The first-order valence-electron chi connectivity index (χ1n) is 7.05. The number of pyridine rings is 1. The Balaban J connectivity index is 1.54. The molecule has 5 heteroatoms. The van der Waals surface area contributed by atoms with Crippen LogP contribution in [0.4, 0.5) is 0 Å². The molecule has 0 atom stereocenters. The van der Waals surface area contributed by atoms with E-state index in [2.05, 4.69) is 28.4 Å². The van der Waals surface area contributed by atoms with Crippen LogP contribution in [0.1, 0.15) is 24.2 Å². The lowest BCUT2D eigenvalue weighted by molar-refractivity contribution is 0.287. The second-order valence-electron chi connectivity index (χ2n) is 5.40. The van der Waals surface area contributed by atoms with Gasteiger partial charge in [-0.2, -0.15) is 0 Å². The molecule has 1 saturated heterocycles. The summed E-state index contributed by atoms with van der Waals surface area (Å²) in [7, 11) is -0.597. The van der Waals surface area contributed by atoms with E-state index in [1.54, 1.807) is 0 Å². The van der Waals surface area contributed by atoms with Gasteiger partial charge in [0.25, 0.3) is 0 Å². The highest BCUT2D eigenvalue weighted by atomic mass is 32.2.